The predicted octanol–water partition coefficient (Wildman–Crippen LogP) is 2.49. The third kappa shape index (κ3) is 3.04. The Kier molecular flexibility index (Phi) is 3.38. The average Bonchev–Trinajstić information content (AvgIpc) is 3.16. The molecule has 3 rings (SSSR count). The summed E-state index contributed by atoms with van der Waals surface area (Å²) in [5, 5.41) is 13.9. The smallest absolute Gasteiger partial charge is 0.269 e. The molecule has 5 heteroatoms. The van der Waals surface area contributed by atoms with Gasteiger partial charge in [0.1, 0.15) is 0 Å². The second-order valence-electron chi connectivity index (χ2n) is 5.57. The van der Waals surface area contributed by atoms with Gasteiger partial charge in [-0.15, -0.1) is 0 Å². The highest BCUT2D eigenvalue weighted by Crippen LogP contribution is 2.31. The molecule has 1 atom stereocenters. The van der Waals surface area contributed by atoms with Crippen molar-refractivity contribution in [1.29, 1.82) is 0 Å². The van der Waals surface area contributed by atoms with E-state index in [9.17, 15) is 10.1 Å². The first-order valence-electron chi connectivity index (χ1n) is 6.95. The van der Waals surface area contributed by atoms with Crippen LogP contribution in [0.3, 0.4) is 0 Å². The zero-order valence-corrected chi connectivity index (χ0v) is 10.9. The van der Waals surface area contributed by atoms with E-state index in [0.29, 0.717) is 5.92 Å². The van der Waals surface area contributed by atoms with Gasteiger partial charge in [0.2, 0.25) is 0 Å². The first kappa shape index (κ1) is 12.4. The number of hydrogen-bond donors (Lipinski definition) is 1. The van der Waals surface area contributed by atoms with Gasteiger partial charge in [-0.25, -0.2) is 0 Å². The Morgan fingerprint density at radius 2 is 2.00 bits per heavy atom. The van der Waals surface area contributed by atoms with E-state index in [1.807, 2.05) is 0 Å². The number of nitrogens with zero attached hydrogens (tertiary/aromatic N) is 2. The summed E-state index contributed by atoms with van der Waals surface area (Å²) in [4.78, 5) is 12.8. The lowest BCUT2D eigenvalue weighted by atomic mass is 10.1. The fourth-order valence-electron chi connectivity index (χ4n) is 2.76. The van der Waals surface area contributed by atoms with E-state index in [1.54, 1.807) is 24.3 Å². The van der Waals surface area contributed by atoms with Gasteiger partial charge in [0.05, 0.1) is 4.92 Å². The second kappa shape index (κ2) is 5.17. The summed E-state index contributed by atoms with van der Waals surface area (Å²) in [5.74, 6) is 0.704. The Morgan fingerprint density at radius 3 is 2.63 bits per heavy atom. The quantitative estimate of drug-likeness (QED) is 0.653. The number of likely N-dealkylation sites (tertiary alicyclic amines) is 1. The van der Waals surface area contributed by atoms with E-state index in [2.05, 4.69) is 10.2 Å². The minimum absolute atomic E-state index is 0.145. The largest absolute Gasteiger partial charge is 0.385 e. The molecule has 1 saturated carbocycles. The molecule has 1 unspecified atom stereocenters. The van der Waals surface area contributed by atoms with Crippen LogP contribution in [0.2, 0.25) is 0 Å². The molecule has 1 saturated heterocycles. The molecule has 2 fully saturated rings. The van der Waals surface area contributed by atoms with Gasteiger partial charge in [-0.05, 0) is 43.9 Å². The van der Waals surface area contributed by atoms with Crippen molar-refractivity contribution in [3.63, 3.8) is 0 Å². The maximum atomic E-state index is 10.6. The molecular formula is C14H19N3O2. The Morgan fingerprint density at radius 1 is 1.26 bits per heavy atom. The van der Waals surface area contributed by atoms with E-state index in [-0.39, 0.29) is 10.6 Å². The zero-order valence-electron chi connectivity index (χ0n) is 10.9. The van der Waals surface area contributed by atoms with E-state index in [1.165, 1.54) is 32.4 Å². The van der Waals surface area contributed by atoms with Crippen LogP contribution in [0.15, 0.2) is 24.3 Å². The van der Waals surface area contributed by atoms with Crippen LogP contribution in [0.1, 0.15) is 19.3 Å². The third-order valence-electron chi connectivity index (χ3n) is 4.05. The molecule has 0 aromatic heterocycles. The third-order valence-corrected chi connectivity index (χ3v) is 4.05. The molecule has 0 bridgehead atoms. The highest BCUT2D eigenvalue weighted by Gasteiger charge is 2.34. The Balaban J connectivity index is 1.48. The lowest BCUT2D eigenvalue weighted by Gasteiger charge is -2.15. The highest BCUT2D eigenvalue weighted by molar-refractivity contribution is 5.48. The molecule has 5 nitrogen and oxygen atoms in total. The average molecular weight is 261 g/mol. The maximum absolute atomic E-state index is 10.6. The molecule has 2 aliphatic rings. The molecule has 1 aromatic carbocycles. The van der Waals surface area contributed by atoms with Crippen LogP contribution in [0.5, 0.6) is 0 Å². The molecule has 102 valence electrons. The Labute approximate surface area is 112 Å². The lowest BCUT2D eigenvalue weighted by molar-refractivity contribution is -0.384. The molecule has 1 aromatic rings. The zero-order chi connectivity index (χ0) is 13.2. The van der Waals surface area contributed by atoms with Crippen molar-refractivity contribution >= 4 is 11.4 Å². The van der Waals surface area contributed by atoms with Gasteiger partial charge in [0.15, 0.2) is 0 Å². The minimum Gasteiger partial charge on any atom is -0.385 e. The van der Waals surface area contributed by atoms with Crippen molar-refractivity contribution in [1.82, 2.24) is 4.90 Å². The fraction of sp³-hybridized carbons (Fsp3) is 0.571. The number of anilines is 1. The summed E-state index contributed by atoms with van der Waals surface area (Å²) >= 11 is 0. The molecule has 19 heavy (non-hydrogen) atoms. The van der Waals surface area contributed by atoms with Crippen molar-refractivity contribution in [2.75, 3.05) is 25.0 Å². The van der Waals surface area contributed by atoms with Crippen molar-refractivity contribution in [2.45, 2.75) is 25.3 Å². The molecule has 1 N–H and O–H groups in total. The summed E-state index contributed by atoms with van der Waals surface area (Å²) < 4.78 is 0. The number of nitro groups is 1. The highest BCUT2D eigenvalue weighted by atomic mass is 16.6. The summed E-state index contributed by atoms with van der Waals surface area (Å²) in [6.07, 6.45) is 4.02. The predicted molar refractivity (Wildman–Crippen MR) is 74.3 cm³/mol. The van der Waals surface area contributed by atoms with Crippen LogP contribution in [0.4, 0.5) is 11.4 Å². The van der Waals surface area contributed by atoms with Gasteiger partial charge in [0, 0.05) is 37.0 Å². The molecular weight excluding hydrogens is 242 g/mol. The van der Waals surface area contributed by atoms with Crippen molar-refractivity contribution < 1.29 is 4.92 Å². The van der Waals surface area contributed by atoms with Gasteiger partial charge < -0.3 is 10.2 Å². The van der Waals surface area contributed by atoms with Crippen molar-refractivity contribution in [2.24, 2.45) is 5.92 Å². The summed E-state index contributed by atoms with van der Waals surface area (Å²) in [6.45, 7) is 3.39. The van der Waals surface area contributed by atoms with Gasteiger partial charge in [-0.2, -0.15) is 0 Å². The van der Waals surface area contributed by atoms with E-state index < -0.39 is 0 Å². The number of nitro benzene ring substituents is 1. The number of hydrogen-bond acceptors (Lipinski definition) is 4. The Hall–Kier alpha value is -1.62. The van der Waals surface area contributed by atoms with Crippen LogP contribution in [0.25, 0.3) is 0 Å². The number of non-ortho nitro benzene ring substituents is 1. The van der Waals surface area contributed by atoms with E-state index >= 15 is 0 Å². The number of rotatable bonds is 5. The number of nitrogens with one attached hydrogen (secondary N) is 1. The topological polar surface area (TPSA) is 58.4 Å². The normalized spacial score (nSPS) is 23.5. The monoisotopic (exact) mass is 261 g/mol. The van der Waals surface area contributed by atoms with Crippen LogP contribution in [0, 0.1) is 16.0 Å². The molecule has 0 spiro atoms. The fourth-order valence-corrected chi connectivity index (χ4v) is 2.76. The van der Waals surface area contributed by atoms with Gasteiger partial charge in [-0.1, -0.05) is 0 Å². The molecule has 1 aliphatic carbocycles. The van der Waals surface area contributed by atoms with Crippen LogP contribution in [-0.2, 0) is 0 Å². The Bertz CT molecular complexity index is 456. The van der Waals surface area contributed by atoms with Gasteiger partial charge in [-0.3, -0.25) is 10.1 Å². The molecule has 1 heterocycles. The molecule has 1 aliphatic heterocycles. The molecule has 0 amide bonds. The van der Waals surface area contributed by atoms with Crippen LogP contribution in [-0.4, -0.2) is 35.5 Å². The first-order valence-corrected chi connectivity index (χ1v) is 6.95. The standard InChI is InChI=1S/C14H19N3O2/c18-17(19)14-3-1-12(2-4-14)15-9-11-7-8-16(10-11)13-5-6-13/h1-4,11,13,15H,5-10H2. The van der Waals surface area contributed by atoms with Crippen molar-refractivity contribution in [3.8, 4) is 0 Å². The SMILES string of the molecule is O=[N+]([O-])c1ccc(NCC2CCN(C3CC3)C2)cc1. The maximum Gasteiger partial charge on any atom is 0.269 e. The summed E-state index contributed by atoms with van der Waals surface area (Å²) in [6, 6.07) is 7.53. The van der Waals surface area contributed by atoms with E-state index in [4.69, 9.17) is 0 Å². The van der Waals surface area contributed by atoms with Gasteiger partial charge in [0.25, 0.3) is 5.69 Å². The van der Waals surface area contributed by atoms with Crippen LogP contribution >= 0.6 is 0 Å². The van der Waals surface area contributed by atoms with Gasteiger partial charge >= 0.3 is 0 Å². The number of benzene rings is 1. The summed E-state index contributed by atoms with van der Waals surface area (Å²) in [7, 11) is 0. The van der Waals surface area contributed by atoms with Crippen LogP contribution < -0.4 is 5.32 Å². The lowest BCUT2D eigenvalue weighted by Crippen LogP contribution is -2.24. The second-order valence-corrected chi connectivity index (χ2v) is 5.57. The molecule has 0 radical (unpaired) electrons. The van der Waals surface area contributed by atoms with E-state index in [0.717, 1.165) is 18.3 Å². The minimum atomic E-state index is -0.367. The van der Waals surface area contributed by atoms with Crippen molar-refractivity contribution in [3.05, 3.63) is 34.4 Å². The first-order chi connectivity index (χ1) is 9.22. The summed E-state index contributed by atoms with van der Waals surface area (Å²) in [5.41, 5.74) is 1.11.